The van der Waals surface area contributed by atoms with Crippen LogP contribution in [0, 0.1) is 6.92 Å². The van der Waals surface area contributed by atoms with Crippen molar-refractivity contribution in [1.29, 1.82) is 0 Å². The van der Waals surface area contributed by atoms with Gasteiger partial charge in [0.05, 0.1) is 13.0 Å². The van der Waals surface area contributed by atoms with Crippen molar-refractivity contribution in [3.05, 3.63) is 35.5 Å². The van der Waals surface area contributed by atoms with Gasteiger partial charge in [-0.2, -0.15) is 0 Å². The molecular formula is C13H15N3O3. The lowest BCUT2D eigenvalue weighted by molar-refractivity contribution is -0.131. The molecule has 6 heteroatoms. The molecule has 0 atom stereocenters. The highest BCUT2D eigenvalue weighted by atomic mass is 16.5. The largest absolute Gasteiger partial charge is 0.358 e. The van der Waals surface area contributed by atoms with Crippen LogP contribution < -0.4 is 10.8 Å². The number of aromatic amines is 1. The number of hydrogen-bond acceptors (Lipinski definition) is 3. The first-order chi connectivity index (χ1) is 9.11. The molecule has 2 rings (SSSR count). The minimum absolute atomic E-state index is 0.189. The minimum atomic E-state index is -0.649. The summed E-state index contributed by atoms with van der Waals surface area (Å²) < 4.78 is 0. The van der Waals surface area contributed by atoms with Crippen LogP contribution in [0.2, 0.25) is 0 Å². The van der Waals surface area contributed by atoms with Crippen LogP contribution in [0.1, 0.15) is 11.3 Å². The van der Waals surface area contributed by atoms with E-state index in [2.05, 4.69) is 10.3 Å². The predicted molar refractivity (Wildman–Crippen MR) is 69.7 cm³/mol. The number of carbonyl (C=O) groups excluding carboxylic acids is 2. The van der Waals surface area contributed by atoms with Crippen LogP contribution in [0.5, 0.6) is 0 Å². The monoisotopic (exact) mass is 261 g/mol. The molecule has 0 radical (unpaired) electrons. The van der Waals surface area contributed by atoms with Crippen molar-refractivity contribution in [2.24, 2.45) is 0 Å². The van der Waals surface area contributed by atoms with Gasteiger partial charge in [0.1, 0.15) is 0 Å². The van der Waals surface area contributed by atoms with Crippen LogP contribution in [0.3, 0.4) is 0 Å². The minimum Gasteiger partial charge on any atom is -0.358 e. The number of rotatable bonds is 4. The molecule has 1 heterocycles. The summed E-state index contributed by atoms with van der Waals surface area (Å²) in [6.07, 6.45) is 0.189. The first kappa shape index (κ1) is 13.1. The lowest BCUT2D eigenvalue weighted by atomic mass is 10.1. The van der Waals surface area contributed by atoms with Crippen molar-refractivity contribution < 1.29 is 14.8 Å². The van der Waals surface area contributed by atoms with Gasteiger partial charge in [0.25, 0.3) is 5.91 Å². The van der Waals surface area contributed by atoms with Gasteiger partial charge in [-0.25, -0.2) is 5.48 Å². The highest BCUT2D eigenvalue weighted by Gasteiger charge is 2.12. The van der Waals surface area contributed by atoms with E-state index in [1.165, 1.54) is 5.48 Å². The summed E-state index contributed by atoms with van der Waals surface area (Å²) >= 11 is 0. The summed E-state index contributed by atoms with van der Waals surface area (Å²) in [4.78, 5) is 25.8. The van der Waals surface area contributed by atoms with E-state index in [1.54, 1.807) is 0 Å². The van der Waals surface area contributed by atoms with Gasteiger partial charge < -0.3 is 10.3 Å². The van der Waals surface area contributed by atoms with E-state index in [0.717, 1.165) is 22.2 Å². The average molecular weight is 261 g/mol. The maximum Gasteiger partial charge on any atom is 0.262 e. The zero-order valence-corrected chi connectivity index (χ0v) is 10.5. The van der Waals surface area contributed by atoms with Crippen molar-refractivity contribution in [2.75, 3.05) is 6.54 Å². The van der Waals surface area contributed by atoms with Crippen molar-refractivity contribution in [2.45, 2.75) is 13.3 Å². The molecule has 0 bridgehead atoms. The summed E-state index contributed by atoms with van der Waals surface area (Å²) in [7, 11) is 0. The van der Waals surface area contributed by atoms with E-state index in [9.17, 15) is 9.59 Å². The first-order valence-corrected chi connectivity index (χ1v) is 5.87. The maximum atomic E-state index is 11.7. The second kappa shape index (κ2) is 5.53. The van der Waals surface area contributed by atoms with Gasteiger partial charge in [0, 0.05) is 16.6 Å². The molecule has 6 nitrogen and oxygen atoms in total. The normalized spacial score (nSPS) is 10.4. The number of carbonyl (C=O) groups is 2. The summed E-state index contributed by atoms with van der Waals surface area (Å²) in [6, 6.07) is 7.73. The standard InChI is InChI=1S/C13H15N3O3/c1-8-10(6-12(17)14-7-13(18)16-19)9-4-2-3-5-11(9)15-8/h2-5,15,19H,6-7H2,1H3,(H,14,17)(H,16,18). The quantitative estimate of drug-likeness (QED) is 0.480. The number of H-pyrrole nitrogens is 1. The topological polar surface area (TPSA) is 94.2 Å². The number of hydroxylamine groups is 1. The molecule has 100 valence electrons. The second-order valence-corrected chi connectivity index (χ2v) is 4.26. The van der Waals surface area contributed by atoms with Crippen LogP contribution in [0.25, 0.3) is 10.9 Å². The summed E-state index contributed by atoms with van der Waals surface area (Å²) in [6.45, 7) is 1.67. The van der Waals surface area contributed by atoms with Crippen LogP contribution in [-0.4, -0.2) is 28.6 Å². The number of nitrogens with one attached hydrogen (secondary N) is 3. The number of aromatic nitrogens is 1. The van der Waals surface area contributed by atoms with Gasteiger partial charge in [0.2, 0.25) is 5.91 Å². The number of aryl methyl sites for hydroxylation is 1. The Morgan fingerprint density at radius 2 is 2.00 bits per heavy atom. The summed E-state index contributed by atoms with van der Waals surface area (Å²) in [5, 5.41) is 11.8. The molecular weight excluding hydrogens is 246 g/mol. The molecule has 0 fully saturated rings. The van der Waals surface area contributed by atoms with E-state index < -0.39 is 5.91 Å². The van der Waals surface area contributed by atoms with Crippen LogP contribution in [0.15, 0.2) is 24.3 Å². The fourth-order valence-corrected chi connectivity index (χ4v) is 2.00. The van der Waals surface area contributed by atoms with Crippen molar-refractivity contribution in [3.8, 4) is 0 Å². The Hall–Kier alpha value is -2.34. The molecule has 0 saturated heterocycles. The molecule has 1 aromatic heterocycles. The molecule has 2 aromatic rings. The van der Waals surface area contributed by atoms with E-state index in [4.69, 9.17) is 5.21 Å². The highest BCUT2D eigenvalue weighted by Crippen LogP contribution is 2.22. The third-order valence-corrected chi connectivity index (χ3v) is 2.94. The zero-order valence-electron chi connectivity index (χ0n) is 10.5. The molecule has 19 heavy (non-hydrogen) atoms. The van der Waals surface area contributed by atoms with Gasteiger partial charge in [-0.3, -0.25) is 14.8 Å². The molecule has 0 aliphatic carbocycles. The maximum absolute atomic E-state index is 11.7. The Bertz CT molecular complexity index is 619. The number of hydrogen-bond donors (Lipinski definition) is 4. The second-order valence-electron chi connectivity index (χ2n) is 4.26. The van der Waals surface area contributed by atoms with E-state index in [-0.39, 0.29) is 18.9 Å². The molecule has 2 amide bonds. The molecule has 0 aliphatic rings. The fourth-order valence-electron chi connectivity index (χ4n) is 2.00. The Morgan fingerprint density at radius 3 is 2.74 bits per heavy atom. The van der Waals surface area contributed by atoms with Gasteiger partial charge in [-0.15, -0.1) is 0 Å². The lowest BCUT2D eigenvalue weighted by Crippen LogP contribution is -2.36. The molecule has 0 unspecified atom stereocenters. The van der Waals surface area contributed by atoms with Crippen molar-refractivity contribution in [3.63, 3.8) is 0 Å². The number of fused-ring (bicyclic) bond motifs is 1. The average Bonchev–Trinajstić information content (AvgIpc) is 2.72. The molecule has 0 spiro atoms. The molecule has 4 N–H and O–H groups in total. The Kier molecular flexibility index (Phi) is 3.82. The zero-order chi connectivity index (χ0) is 13.8. The number of para-hydroxylation sites is 1. The first-order valence-electron chi connectivity index (χ1n) is 5.87. The third-order valence-electron chi connectivity index (χ3n) is 2.94. The SMILES string of the molecule is Cc1[nH]c2ccccc2c1CC(=O)NCC(=O)NO. The van der Waals surface area contributed by atoms with E-state index >= 15 is 0 Å². The molecule has 0 aliphatic heterocycles. The van der Waals surface area contributed by atoms with E-state index in [1.807, 2.05) is 31.2 Å². The van der Waals surface area contributed by atoms with Gasteiger partial charge >= 0.3 is 0 Å². The molecule has 1 aromatic carbocycles. The summed E-state index contributed by atoms with van der Waals surface area (Å²) in [5.41, 5.74) is 4.29. The van der Waals surface area contributed by atoms with Gasteiger partial charge in [0.15, 0.2) is 0 Å². The molecule has 0 saturated carbocycles. The van der Waals surface area contributed by atoms with Gasteiger partial charge in [-0.1, -0.05) is 18.2 Å². The van der Waals surface area contributed by atoms with Crippen LogP contribution in [-0.2, 0) is 16.0 Å². The summed E-state index contributed by atoms with van der Waals surface area (Å²) in [5.74, 6) is -0.916. The van der Waals surface area contributed by atoms with Gasteiger partial charge in [-0.05, 0) is 18.6 Å². The number of benzene rings is 1. The van der Waals surface area contributed by atoms with Crippen molar-refractivity contribution >= 4 is 22.7 Å². The van der Waals surface area contributed by atoms with Crippen LogP contribution >= 0.6 is 0 Å². The smallest absolute Gasteiger partial charge is 0.262 e. The fraction of sp³-hybridized carbons (Fsp3) is 0.231. The van der Waals surface area contributed by atoms with Crippen LogP contribution in [0.4, 0.5) is 0 Å². The number of amides is 2. The lowest BCUT2D eigenvalue weighted by Gasteiger charge is -2.04. The Morgan fingerprint density at radius 1 is 1.26 bits per heavy atom. The third kappa shape index (κ3) is 2.92. The Labute approximate surface area is 109 Å². The Balaban J connectivity index is 2.10. The highest BCUT2D eigenvalue weighted by molar-refractivity contribution is 5.91. The van der Waals surface area contributed by atoms with E-state index in [0.29, 0.717) is 0 Å². The predicted octanol–water partition coefficient (Wildman–Crippen LogP) is 0.640. The van der Waals surface area contributed by atoms with Crippen molar-refractivity contribution in [1.82, 2.24) is 15.8 Å².